The molecule has 0 saturated carbocycles. The number of thiazole rings is 1. The van der Waals surface area contributed by atoms with Crippen molar-refractivity contribution in [3.05, 3.63) is 52.0 Å². The van der Waals surface area contributed by atoms with Gasteiger partial charge in [0.2, 0.25) is 5.91 Å². The lowest BCUT2D eigenvalue weighted by molar-refractivity contribution is -0.126. The minimum Gasteiger partial charge on any atom is -0.349 e. The highest BCUT2D eigenvalue weighted by atomic mass is 35.5. The number of nitrogens with one attached hydrogen (secondary N) is 1. The number of carbonyl (C=O) groups excluding carboxylic acids is 1. The molecule has 7 heteroatoms. The van der Waals surface area contributed by atoms with Gasteiger partial charge in [0.25, 0.3) is 0 Å². The molecule has 1 atom stereocenters. The zero-order valence-electron chi connectivity index (χ0n) is 12.5. The third-order valence-corrected chi connectivity index (χ3v) is 4.22. The molecule has 0 radical (unpaired) electrons. The largest absolute Gasteiger partial charge is 0.349 e. The molecule has 22 heavy (non-hydrogen) atoms. The summed E-state index contributed by atoms with van der Waals surface area (Å²) in [5, 5.41) is 5.90. The van der Waals surface area contributed by atoms with Crippen LogP contribution in [-0.2, 0) is 23.3 Å². The van der Waals surface area contributed by atoms with Crippen molar-refractivity contribution in [3.8, 4) is 0 Å². The average molecular weight is 362 g/mol. The van der Waals surface area contributed by atoms with E-state index in [1.54, 1.807) is 18.3 Å². The molecule has 0 aliphatic carbocycles. The fourth-order valence-electron chi connectivity index (χ4n) is 1.86. The highest BCUT2D eigenvalue weighted by Crippen LogP contribution is 2.17. The van der Waals surface area contributed by atoms with Crippen molar-refractivity contribution in [1.82, 2.24) is 10.3 Å². The molecule has 1 amide bonds. The van der Waals surface area contributed by atoms with E-state index in [0.29, 0.717) is 6.54 Å². The maximum Gasteiger partial charge on any atom is 0.244 e. The van der Waals surface area contributed by atoms with Gasteiger partial charge in [0.05, 0.1) is 17.2 Å². The monoisotopic (exact) mass is 361 g/mol. The molecular weight excluding hydrogens is 341 g/mol. The van der Waals surface area contributed by atoms with Crippen LogP contribution in [0.2, 0.25) is 0 Å². The number of aryl methyl sites for hydroxylation is 1. The summed E-state index contributed by atoms with van der Waals surface area (Å²) in [4.78, 5) is 16.7. The molecule has 0 aliphatic heterocycles. The van der Waals surface area contributed by atoms with Crippen molar-refractivity contribution in [2.45, 2.75) is 32.4 Å². The second kappa shape index (κ2) is 9.10. The van der Waals surface area contributed by atoms with E-state index in [0.717, 1.165) is 22.7 Å². The van der Waals surface area contributed by atoms with Crippen LogP contribution in [0.25, 0.3) is 0 Å². The number of halogens is 2. The summed E-state index contributed by atoms with van der Waals surface area (Å²) in [7, 11) is 0. The van der Waals surface area contributed by atoms with Gasteiger partial charge in [-0.1, -0.05) is 37.3 Å². The van der Waals surface area contributed by atoms with Gasteiger partial charge in [-0.3, -0.25) is 4.79 Å². The molecule has 2 rings (SSSR count). The molecule has 2 aromatic rings. The fraction of sp³-hybridized carbons (Fsp3) is 0.333. The van der Waals surface area contributed by atoms with Crippen LogP contribution >= 0.6 is 36.2 Å². The quantitative estimate of drug-likeness (QED) is 0.859. The van der Waals surface area contributed by atoms with Crippen molar-refractivity contribution in [2.75, 3.05) is 0 Å². The smallest absolute Gasteiger partial charge is 0.244 e. The third-order valence-electron chi connectivity index (χ3n) is 3.18. The van der Waals surface area contributed by atoms with Crippen molar-refractivity contribution in [3.63, 3.8) is 0 Å². The predicted octanol–water partition coefficient (Wildman–Crippen LogP) is 3.04. The molecule has 0 spiro atoms. The maximum absolute atomic E-state index is 12.3. The van der Waals surface area contributed by atoms with Crippen LogP contribution < -0.4 is 11.1 Å². The van der Waals surface area contributed by atoms with E-state index in [1.165, 1.54) is 0 Å². The van der Waals surface area contributed by atoms with E-state index in [-0.39, 0.29) is 30.7 Å². The summed E-state index contributed by atoms with van der Waals surface area (Å²) in [5.74, 6) is -0.199. The van der Waals surface area contributed by atoms with E-state index in [9.17, 15) is 4.79 Å². The number of benzene rings is 1. The molecule has 4 nitrogen and oxygen atoms in total. The van der Waals surface area contributed by atoms with Crippen LogP contribution in [0.3, 0.4) is 0 Å². The Bertz CT molecular complexity index is 587. The minimum atomic E-state index is -1.04. The van der Waals surface area contributed by atoms with Gasteiger partial charge in [0.1, 0.15) is 5.54 Å². The lowest BCUT2D eigenvalue weighted by atomic mass is 9.92. The Morgan fingerprint density at radius 2 is 1.95 bits per heavy atom. The van der Waals surface area contributed by atoms with Gasteiger partial charge in [-0.05, 0) is 18.9 Å². The number of aromatic nitrogens is 1. The van der Waals surface area contributed by atoms with Crippen molar-refractivity contribution in [1.29, 1.82) is 0 Å². The maximum atomic E-state index is 12.3. The number of rotatable bonds is 5. The van der Waals surface area contributed by atoms with Gasteiger partial charge in [-0.2, -0.15) is 0 Å². The molecule has 122 valence electrons. The van der Waals surface area contributed by atoms with Gasteiger partial charge in [-0.15, -0.1) is 36.2 Å². The first-order valence-corrected chi connectivity index (χ1v) is 7.48. The number of nitrogens with two attached hydrogens (primary N) is 1. The molecule has 1 aromatic carbocycles. The molecule has 0 fully saturated rings. The van der Waals surface area contributed by atoms with Crippen LogP contribution in [0.5, 0.6) is 0 Å². The molecule has 1 aromatic heterocycles. The van der Waals surface area contributed by atoms with Gasteiger partial charge >= 0.3 is 0 Å². The van der Waals surface area contributed by atoms with E-state index in [1.807, 2.05) is 35.7 Å². The third kappa shape index (κ3) is 4.95. The normalized spacial score (nSPS) is 12.5. The zero-order chi connectivity index (χ0) is 14.6. The molecule has 0 saturated heterocycles. The Morgan fingerprint density at radius 3 is 2.50 bits per heavy atom. The van der Waals surface area contributed by atoms with Crippen LogP contribution in [0, 0.1) is 0 Å². The van der Waals surface area contributed by atoms with Crippen LogP contribution in [0.4, 0.5) is 0 Å². The Kier molecular flexibility index (Phi) is 8.63. The van der Waals surface area contributed by atoms with E-state index in [4.69, 9.17) is 5.73 Å². The first-order valence-electron chi connectivity index (χ1n) is 6.60. The van der Waals surface area contributed by atoms with Gasteiger partial charge in [-0.25, -0.2) is 4.98 Å². The number of nitrogens with zero attached hydrogens (tertiary/aromatic N) is 1. The number of hydrogen-bond acceptors (Lipinski definition) is 4. The summed E-state index contributed by atoms with van der Waals surface area (Å²) in [5.41, 5.74) is 6.79. The Hall–Kier alpha value is -1.14. The van der Waals surface area contributed by atoms with E-state index in [2.05, 4.69) is 17.2 Å². The van der Waals surface area contributed by atoms with E-state index < -0.39 is 5.54 Å². The summed E-state index contributed by atoms with van der Waals surface area (Å²) in [6.45, 7) is 4.19. The first-order chi connectivity index (χ1) is 9.54. The standard InChI is InChI=1S/C15H19N3OS.2ClH/c1-3-13-18-12(10-20-13)9-17-14(19)15(2,16)11-7-5-4-6-8-11;;/h4-8,10H,3,9,16H2,1-2H3,(H,17,19);2*1H. The van der Waals surface area contributed by atoms with Crippen LogP contribution in [0.15, 0.2) is 35.7 Å². The zero-order valence-corrected chi connectivity index (χ0v) is 15.0. The van der Waals surface area contributed by atoms with Gasteiger partial charge in [0, 0.05) is 5.38 Å². The first kappa shape index (κ1) is 20.9. The number of carbonyl (C=O) groups is 1. The summed E-state index contributed by atoms with van der Waals surface area (Å²) >= 11 is 1.61. The summed E-state index contributed by atoms with van der Waals surface area (Å²) in [6, 6.07) is 9.37. The summed E-state index contributed by atoms with van der Waals surface area (Å²) < 4.78 is 0. The summed E-state index contributed by atoms with van der Waals surface area (Å²) in [6.07, 6.45) is 0.914. The fourth-order valence-corrected chi connectivity index (χ4v) is 2.61. The van der Waals surface area contributed by atoms with Crippen molar-refractivity contribution in [2.24, 2.45) is 5.73 Å². The molecule has 0 aliphatic rings. The lowest BCUT2D eigenvalue weighted by Crippen LogP contribution is -2.48. The number of amides is 1. The Labute approximate surface area is 147 Å². The van der Waals surface area contributed by atoms with E-state index >= 15 is 0 Å². The molecular formula is C15H21Cl2N3OS. The molecule has 1 heterocycles. The lowest BCUT2D eigenvalue weighted by Gasteiger charge is -2.23. The van der Waals surface area contributed by atoms with Crippen LogP contribution in [0.1, 0.15) is 30.1 Å². The number of hydrogen-bond donors (Lipinski definition) is 2. The second-order valence-electron chi connectivity index (χ2n) is 4.84. The second-order valence-corrected chi connectivity index (χ2v) is 5.78. The van der Waals surface area contributed by atoms with Crippen molar-refractivity contribution >= 4 is 42.1 Å². The highest BCUT2D eigenvalue weighted by Gasteiger charge is 2.30. The Morgan fingerprint density at radius 1 is 1.32 bits per heavy atom. The topological polar surface area (TPSA) is 68.0 Å². The highest BCUT2D eigenvalue weighted by molar-refractivity contribution is 7.09. The molecule has 3 N–H and O–H groups in total. The SMILES string of the molecule is CCc1nc(CNC(=O)C(C)(N)c2ccccc2)cs1.Cl.Cl. The molecule has 0 bridgehead atoms. The van der Waals surface area contributed by atoms with Gasteiger partial charge < -0.3 is 11.1 Å². The average Bonchev–Trinajstić information content (AvgIpc) is 2.93. The van der Waals surface area contributed by atoms with Crippen LogP contribution in [-0.4, -0.2) is 10.9 Å². The predicted molar refractivity (Wildman–Crippen MR) is 95.8 cm³/mol. The van der Waals surface area contributed by atoms with Crippen molar-refractivity contribution < 1.29 is 4.79 Å². The van der Waals surface area contributed by atoms with Gasteiger partial charge in [0.15, 0.2) is 0 Å². The molecule has 1 unspecified atom stereocenters. The minimum absolute atomic E-state index is 0. The Balaban J connectivity index is 0.00000220.